The van der Waals surface area contributed by atoms with Crippen LogP contribution in [0.1, 0.15) is 52.0 Å². The third kappa shape index (κ3) is 2.77. The first-order chi connectivity index (χ1) is 9.91. The van der Waals surface area contributed by atoms with Gasteiger partial charge in [-0.25, -0.2) is 0 Å². The molecule has 3 rings (SSSR count). The molecule has 0 N–H and O–H groups in total. The maximum Gasteiger partial charge on any atom is -0.0184 e. The molecule has 0 spiro atoms. The van der Waals surface area contributed by atoms with E-state index in [1.807, 2.05) is 0 Å². The summed E-state index contributed by atoms with van der Waals surface area (Å²) >= 11 is 0. The number of hydrogen-bond acceptors (Lipinski definition) is 0. The molecule has 110 valence electrons. The van der Waals surface area contributed by atoms with Crippen molar-refractivity contribution in [2.24, 2.45) is 10.8 Å². The van der Waals surface area contributed by atoms with Crippen molar-refractivity contribution >= 4 is 0 Å². The van der Waals surface area contributed by atoms with E-state index < -0.39 is 0 Å². The van der Waals surface area contributed by atoms with E-state index in [1.165, 1.54) is 29.5 Å². The molecule has 1 aliphatic rings. The van der Waals surface area contributed by atoms with E-state index in [-0.39, 0.29) is 0 Å². The van der Waals surface area contributed by atoms with Crippen LogP contribution in [0, 0.1) is 10.8 Å². The molecule has 2 unspecified atom stereocenters. The molecule has 21 heavy (non-hydrogen) atoms. The molecule has 0 saturated heterocycles. The fraction of sp³-hybridized carbons (Fsp3) is 0.429. The molecule has 1 aliphatic carbocycles. The second kappa shape index (κ2) is 5.02. The summed E-state index contributed by atoms with van der Waals surface area (Å²) in [6.45, 7) is 9.62. The summed E-state index contributed by atoms with van der Waals surface area (Å²) in [5.41, 5.74) is 5.14. The molecule has 0 nitrogen and oxygen atoms in total. The van der Waals surface area contributed by atoms with Crippen LogP contribution in [0.15, 0.2) is 54.6 Å². The maximum atomic E-state index is 2.45. The van der Waals surface area contributed by atoms with Crippen molar-refractivity contribution in [3.63, 3.8) is 0 Å². The van der Waals surface area contributed by atoms with Gasteiger partial charge in [-0.1, -0.05) is 82.3 Å². The van der Waals surface area contributed by atoms with Gasteiger partial charge in [0.05, 0.1) is 0 Å². The molecule has 2 aromatic rings. The lowest BCUT2D eigenvalue weighted by Gasteiger charge is -2.20. The van der Waals surface area contributed by atoms with Gasteiger partial charge in [-0.05, 0) is 46.3 Å². The van der Waals surface area contributed by atoms with Crippen molar-refractivity contribution in [1.82, 2.24) is 0 Å². The summed E-state index contributed by atoms with van der Waals surface area (Å²) in [6, 6.07) is 19.8. The van der Waals surface area contributed by atoms with Crippen LogP contribution in [-0.4, -0.2) is 0 Å². The summed E-state index contributed by atoms with van der Waals surface area (Å²) in [4.78, 5) is 0. The zero-order valence-electron chi connectivity index (χ0n) is 13.7. The third-order valence-corrected chi connectivity index (χ3v) is 5.68. The lowest BCUT2D eigenvalue weighted by atomic mass is 9.84. The van der Waals surface area contributed by atoms with Gasteiger partial charge >= 0.3 is 0 Å². The third-order valence-electron chi connectivity index (χ3n) is 5.68. The summed E-state index contributed by atoms with van der Waals surface area (Å²) in [6.07, 6.45) is 2.66. The summed E-state index contributed by atoms with van der Waals surface area (Å²) in [7, 11) is 0. The Kier molecular flexibility index (Phi) is 3.43. The second-order valence-corrected chi connectivity index (χ2v) is 7.71. The van der Waals surface area contributed by atoms with E-state index in [4.69, 9.17) is 0 Å². The Labute approximate surface area is 129 Å². The molecule has 0 aromatic heterocycles. The lowest BCUT2D eigenvalue weighted by molar-refractivity contribution is 0.365. The Balaban J connectivity index is 1.73. The SMILES string of the molecule is CC(CC1(C)CC1(C)C)c1ccc(-c2ccccc2)cc1. The largest absolute Gasteiger partial charge is 0.0622 e. The fourth-order valence-corrected chi connectivity index (χ4v) is 3.71. The zero-order chi connectivity index (χ0) is 15.1. The molecular formula is C21H26. The van der Waals surface area contributed by atoms with Gasteiger partial charge in [0.25, 0.3) is 0 Å². The number of benzene rings is 2. The lowest BCUT2D eigenvalue weighted by Crippen LogP contribution is -2.08. The first kappa shape index (κ1) is 14.4. The van der Waals surface area contributed by atoms with Gasteiger partial charge in [0.2, 0.25) is 0 Å². The van der Waals surface area contributed by atoms with Crippen LogP contribution in [0.4, 0.5) is 0 Å². The Hall–Kier alpha value is -1.56. The Morgan fingerprint density at radius 3 is 1.90 bits per heavy atom. The van der Waals surface area contributed by atoms with Crippen LogP contribution in [0.25, 0.3) is 11.1 Å². The molecule has 0 heterocycles. The minimum atomic E-state index is 0.532. The van der Waals surface area contributed by atoms with Gasteiger partial charge < -0.3 is 0 Å². The van der Waals surface area contributed by atoms with Gasteiger partial charge in [0.1, 0.15) is 0 Å². The van der Waals surface area contributed by atoms with Gasteiger partial charge in [0, 0.05) is 0 Å². The minimum absolute atomic E-state index is 0.532. The van der Waals surface area contributed by atoms with E-state index >= 15 is 0 Å². The van der Waals surface area contributed by atoms with Gasteiger partial charge in [-0.3, -0.25) is 0 Å². The zero-order valence-corrected chi connectivity index (χ0v) is 13.7. The molecule has 0 radical (unpaired) electrons. The van der Waals surface area contributed by atoms with Crippen LogP contribution in [0.3, 0.4) is 0 Å². The normalized spacial score (nSPS) is 24.6. The predicted molar refractivity (Wildman–Crippen MR) is 91.4 cm³/mol. The highest BCUT2D eigenvalue weighted by Gasteiger charge is 2.57. The van der Waals surface area contributed by atoms with Crippen molar-refractivity contribution in [3.05, 3.63) is 60.2 Å². The highest BCUT2D eigenvalue weighted by atomic mass is 14.6. The highest BCUT2D eigenvalue weighted by Crippen LogP contribution is 2.66. The van der Waals surface area contributed by atoms with Crippen molar-refractivity contribution in [1.29, 1.82) is 0 Å². The Morgan fingerprint density at radius 2 is 1.38 bits per heavy atom. The molecule has 2 atom stereocenters. The van der Waals surface area contributed by atoms with Crippen LogP contribution < -0.4 is 0 Å². The smallest absolute Gasteiger partial charge is 0.0184 e. The minimum Gasteiger partial charge on any atom is -0.0622 e. The molecule has 2 aromatic carbocycles. The van der Waals surface area contributed by atoms with Crippen molar-refractivity contribution in [2.45, 2.75) is 46.5 Å². The average Bonchev–Trinajstić information content (AvgIpc) is 2.97. The van der Waals surface area contributed by atoms with Crippen LogP contribution in [0.2, 0.25) is 0 Å². The van der Waals surface area contributed by atoms with Crippen molar-refractivity contribution < 1.29 is 0 Å². The second-order valence-electron chi connectivity index (χ2n) is 7.71. The van der Waals surface area contributed by atoms with Gasteiger partial charge in [0.15, 0.2) is 0 Å². The summed E-state index contributed by atoms with van der Waals surface area (Å²) in [5, 5.41) is 0. The highest BCUT2D eigenvalue weighted by molar-refractivity contribution is 5.63. The average molecular weight is 278 g/mol. The van der Waals surface area contributed by atoms with E-state index in [0.717, 1.165) is 0 Å². The molecule has 1 fully saturated rings. The summed E-state index contributed by atoms with van der Waals surface area (Å²) < 4.78 is 0. The topological polar surface area (TPSA) is 0 Å². The maximum absolute atomic E-state index is 2.45. The Bertz CT molecular complexity index is 606. The molecule has 1 saturated carbocycles. The van der Waals surface area contributed by atoms with E-state index in [2.05, 4.69) is 82.3 Å². The van der Waals surface area contributed by atoms with Crippen LogP contribution >= 0.6 is 0 Å². The standard InChI is InChI=1S/C21H26/c1-16(14-21(4)15-20(21,2)3)17-10-12-19(13-11-17)18-8-6-5-7-9-18/h5-13,16H,14-15H2,1-4H3. The first-order valence-electron chi connectivity index (χ1n) is 8.07. The van der Waals surface area contributed by atoms with Crippen LogP contribution in [0.5, 0.6) is 0 Å². The first-order valence-corrected chi connectivity index (χ1v) is 8.07. The monoisotopic (exact) mass is 278 g/mol. The fourth-order valence-electron chi connectivity index (χ4n) is 3.71. The van der Waals surface area contributed by atoms with Crippen LogP contribution in [-0.2, 0) is 0 Å². The molecular weight excluding hydrogens is 252 g/mol. The van der Waals surface area contributed by atoms with E-state index in [0.29, 0.717) is 16.7 Å². The van der Waals surface area contributed by atoms with E-state index in [1.54, 1.807) is 0 Å². The summed E-state index contributed by atoms with van der Waals surface area (Å²) in [5.74, 6) is 0.640. The van der Waals surface area contributed by atoms with Crippen molar-refractivity contribution in [2.75, 3.05) is 0 Å². The Morgan fingerprint density at radius 1 is 0.857 bits per heavy atom. The van der Waals surface area contributed by atoms with Crippen molar-refractivity contribution in [3.8, 4) is 11.1 Å². The van der Waals surface area contributed by atoms with Gasteiger partial charge in [-0.2, -0.15) is 0 Å². The number of rotatable bonds is 4. The van der Waals surface area contributed by atoms with E-state index in [9.17, 15) is 0 Å². The molecule has 0 heteroatoms. The molecule has 0 aliphatic heterocycles. The van der Waals surface area contributed by atoms with Gasteiger partial charge in [-0.15, -0.1) is 0 Å². The molecule has 0 bridgehead atoms. The molecule has 0 amide bonds. The number of hydrogen-bond donors (Lipinski definition) is 0. The predicted octanol–water partition coefficient (Wildman–Crippen LogP) is 6.28. The quantitative estimate of drug-likeness (QED) is 0.617.